The Hall–Kier alpha value is -1.13. The fourth-order valence-electron chi connectivity index (χ4n) is 1.33. The van der Waals surface area contributed by atoms with E-state index in [-0.39, 0.29) is 4.47 Å². The summed E-state index contributed by atoms with van der Waals surface area (Å²) in [5.41, 5.74) is -1.32. The Morgan fingerprint density at radius 3 is 2.45 bits per heavy atom. The van der Waals surface area contributed by atoms with Crippen LogP contribution < -0.4 is 4.72 Å². The minimum absolute atomic E-state index is 0.0781. The second kappa shape index (κ2) is 6.10. The third-order valence-electron chi connectivity index (χ3n) is 2.17. The fourth-order valence-corrected chi connectivity index (χ4v) is 2.93. The number of hydrogen-bond donors (Lipinski definition) is 2. The molecule has 1 rings (SSSR count). The summed E-state index contributed by atoms with van der Waals surface area (Å²) in [6.45, 7) is -0.495. The third kappa shape index (κ3) is 4.46. The first kappa shape index (κ1) is 16.9. The highest BCUT2D eigenvalue weighted by Gasteiger charge is 2.37. The fraction of sp³-hybridized carbons (Fsp3) is 0.300. The molecule has 0 heterocycles. The highest BCUT2D eigenvalue weighted by Crippen LogP contribution is 2.35. The van der Waals surface area contributed by atoms with Crippen LogP contribution in [0.4, 0.5) is 13.2 Å². The van der Waals surface area contributed by atoms with Crippen molar-refractivity contribution in [1.29, 1.82) is 0 Å². The number of carboxylic acids is 1. The van der Waals surface area contributed by atoms with E-state index in [9.17, 15) is 26.4 Å². The standard InChI is InChI=1S/C10H9BrF3NO4S/c11-6-1-2-8(7(5-6)10(12,13)14)20(18,19)15-4-3-9(16)17/h1-2,5,15H,3-4H2,(H,16,17). The van der Waals surface area contributed by atoms with Gasteiger partial charge in [0, 0.05) is 11.0 Å². The van der Waals surface area contributed by atoms with Crippen molar-refractivity contribution in [3.63, 3.8) is 0 Å². The number of aliphatic carboxylic acids is 1. The van der Waals surface area contributed by atoms with Crippen LogP contribution in [0.15, 0.2) is 27.6 Å². The molecule has 0 aliphatic heterocycles. The Morgan fingerprint density at radius 1 is 1.35 bits per heavy atom. The van der Waals surface area contributed by atoms with E-state index in [1.807, 2.05) is 4.72 Å². The van der Waals surface area contributed by atoms with Gasteiger partial charge in [-0.15, -0.1) is 0 Å². The van der Waals surface area contributed by atoms with E-state index in [0.29, 0.717) is 6.07 Å². The maximum Gasteiger partial charge on any atom is 0.417 e. The number of sulfonamides is 1. The maximum atomic E-state index is 12.8. The van der Waals surface area contributed by atoms with Crippen LogP contribution in [-0.2, 0) is 21.0 Å². The molecule has 0 saturated carbocycles. The van der Waals surface area contributed by atoms with Crippen LogP contribution >= 0.6 is 15.9 Å². The van der Waals surface area contributed by atoms with Crippen LogP contribution in [-0.4, -0.2) is 26.0 Å². The van der Waals surface area contributed by atoms with Crippen LogP contribution in [0, 0.1) is 0 Å². The SMILES string of the molecule is O=C(O)CCNS(=O)(=O)c1ccc(Br)cc1C(F)(F)F. The first-order valence-electron chi connectivity index (χ1n) is 5.12. The molecule has 0 amide bonds. The molecule has 0 fully saturated rings. The van der Waals surface area contributed by atoms with Crippen molar-refractivity contribution in [3.8, 4) is 0 Å². The lowest BCUT2D eigenvalue weighted by atomic mass is 10.2. The van der Waals surface area contributed by atoms with Gasteiger partial charge in [-0.05, 0) is 18.2 Å². The number of nitrogens with one attached hydrogen (secondary N) is 1. The molecule has 112 valence electrons. The number of benzene rings is 1. The van der Waals surface area contributed by atoms with Gasteiger partial charge in [0.25, 0.3) is 0 Å². The quantitative estimate of drug-likeness (QED) is 0.826. The van der Waals surface area contributed by atoms with E-state index in [4.69, 9.17) is 5.11 Å². The highest BCUT2D eigenvalue weighted by atomic mass is 79.9. The summed E-state index contributed by atoms with van der Waals surface area (Å²) in [4.78, 5) is 9.33. The van der Waals surface area contributed by atoms with Gasteiger partial charge in [-0.2, -0.15) is 13.2 Å². The van der Waals surface area contributed by atoms with Crippen molar-refractivity contribution in [3.05, 3.63) is 28.2 Å². The van der Waals surface area contributed by atoms with E-state index in [1.165, 1.54) is 0 Å². The number of carbonyl (C=O) groups is 1. The van der Waals surface area contributed by atoms with Gasteiger partial charge in [0.1, 0.15) is 0 Å². The molecular formula is C10H9BrF3NO4S. The van der Waals surface area contributed by atoms with Gasteiger partial charge in [0.2, 0.25) is 10.0 Å². The zero-order chi connectivity index (χ0) is 15.6. The van der Waals surface area contributed by atoms with Crippen molar-refractivity contribution in [2.24, 2.45) is 0 Å². The van der Waals surface area contributed by atoms with Gasteiger partial charge in [0.15, 0.2) is 0 Å². The average Bonchev–Trinajstić information content (AvgIpc) is 2.26. The molecule has 0 bridgehead atoms. The molecule has 0 spiro atoms. The first-order valence-corrected chi connectivity index (χ1v) is 7.40. The summed E-state index contributed by atoms with van der Waals surface area (Å²) >= 11 is 2.83. The summed E-state index contributed by atoms with van der Waals surface area (Å²) in [6, 6.07) is 2.60. The van der Waals surface area contributed by atoms with Gasteiger partial charge in [0.05, 0.1) is 16.9 Å². The van der Waals surface area contributed by atoms with E-state index in [0.717, 1.165) is 12.1 Å². The Bertz CT molecular complexity index is 615. The highest BCUT2D eigenvalue weighted by molar-refractivity contribution is 9.10. The normalized spacial score (nSPS) is 12.4. The van der Waals surface area contributed by atoms with Crippen molar-refractivity contribution in [1.82, 2.24) is 4.72 Å². The smallest absolute Gasteiger partial charge is 0.417 e. The second-order valence-corrected chi connectivity index (χ2v) is 6.33. The zero-order valence-electron chi connectivity index (χ0n) is 9.74. The van der Waals surface area contributed by atoms with Crippen molar-refractivity contribution in [2.45, 2.75) is 17.5 Å². The molecule has 5 nitrogen and oxygen atoms in total. The lowest BCUT2D eigenvalue weighted by Crippen LogP contribution is -2.28. The lowest BCUT2D eigenvalue weighted by molar-refractivity contribution is -0.140. The van der Waals surface area contributed by atoms with E-state index < -0.39 is 45.6 Å². The first-order chi connectivity index (χ1) is 9.04. The van der Waals surface area contributed by atoms with Gasteiger partial charge < -0.3 is 5.11 Å². The molecule has 2 N–H and O–H groups in total. The molecule has 0 unspecified atom stereocenters. The Labute approximate surface area is 121 Å². The molecule has 0 aliphatic carbocycles. The Balaban J connectivity index is 3.15. The van der Waals surface area contributed by atoms with Gasteiger partial charge in [-0.25, -0.2) is 13.1 Å². The van der Waals surface area contributed by atoms with Gasteiger partial charge >= 0.3 is 12.1 Å². The summed E-state index contributed by atoms with van der Waals surface area (Å²) in [5.74, 6) is -1.26. The molecule has 0 saturated heterocycles. The minimum atomic E-state index is -4.85. The monoisotopic (exact) mass is 375 g/mol. The molecule has 1 aromatic rings. The topological polar surface area (TPSA) is 83.5 Å². The number of carboxylic acid groups (broad SMARTS) is 1. The van der Waals surface area contributed by atoms with Crippen molar-refractivity contribution < 1.29 is 31.5 Å². The largest absolute Gasteiger partial charge is 0.481 e. The third-order valence-corrected chi connectivity index (χ3v) is 4.18. The number of alkyl halides is 3. The van der Waals surface area contributed by atoms with Crippen LogP contribution in [0.5, 0.6) is 0 Å². The Kier molecular flexibility index (Phi) is 5.16. The number of halogens is 4. The second-order valence-electron chi connectivity index (χ2n) is 3.68. The van der Waals surface area contributed by atoms with E-state index in [1.54, 1.807) is 0 Å². The molecule has 1 aromatic carbocycles. The Morgan fingerprint density at radius 2 is 1.95 bits per heavy atom. The van der Waals surface area contributed by atoms with Crippen LogP contribution in [0.25, 0.3) is 0 Å². The zero-order valence-corrected chi connectivity index (χ0v) is 12.1. The van der Waals surface area contributed by atoms with E-state index >= 15 is 0 Å². The molecule has 0 radical (unpaired) electrons. The van der Waals surface area contributed by atoms with Crippen molar-refractivity contribution in [2.75, 3.05) is 6.54 Å². The molecule has 0 aliphatic rings. The summed E-state index contributed by atoms with van der Waals surface area (Å²) in [5, 5.41) is 8.38. The maximum absolute atomic E-state index is 12.8. The summed E-state index contributed by atoms with van der Waals surface area (Å²) in [7, 11) is -4.44. The van der Waals surface area contributed by atoms with Crippen molar-refractivity contribution >= 4 is 31.9 Å². The lowest BCUT2D eigenvalue weighted by Gasteiger charge is -2.14. The summed E-state index contributed by atoms with van der Waals surface area (Å²) < 4.78 is 63.8. The van der Waals surface area contributed by atoms with Gasteiger partial charge in [-0.3, -0.25) is 4.79 Å². The molecule has 20 heavy (non-hydrogen) atoms. The average molecular weight is 376 g/mol. The van der Waals surface area contributed by atoms with Gasteiger partial charge in [-0.1, -0.05) is 15.9 Å². The molecule has 0 aromatic heterocycles. The summed E-state index contributed by atoms with van der Waals surface area (Å²) in [6.07, 6.45) is -5.38. The molecular weight excluding hydrogens is 367 g/mol. The molecule has 10 heteroatoms. The molecule has 0 atom stereocenters. The minimum Gasteiger partial charge on any atom is -0.481 e. The number of hydrogen-bond acceptors (Lipinski definition) is 3. The predicted octanol–water partition coefficient (Wildman–Crippen LogP) is 2.22. The van der Waals surface area contributed by atoms with Crippen LogP contribution in [0.3, 0.4) is 0 Å². The van der Waals surface area contributed by atoms with E-state index in [2.05, 4.69) is 15.9 Å². The number of rotatable bonds is 5. The van der Waals surface area contributed by atoms with Crippen LogP contribution in [0.2, 0.25) is 0 Å². The predicted molar refractivity (Wildman–Crippen MR) is 66.6 cm³/mol. The van der Waals surface area contributed by atoms with Crippen LogP contribution in [0.1, 0.15) is 12.0 Å².